The van der Waals surface area contributed by atoms with Crippen LogP contribution in [0.2, 0.25) is 5.02 Å². The molecule has 2 aliphatic rings. The van der Waals surface area contributed by atoms with Crippen LogP contribution in [-0.2, 0) is 0 Å². The number of hydrogen-bond donors (Lipinski definition) is 1. The lowest BCUT2D eigenvalue weighted by Gasteiger charge is -2.24. The number of nitrogens with one attached hydrogen (secondary N) is 1. The summed E-state index contributed by atoms with van der Waals surface area (Å²) in [6.45, 7) is 5.95. The number of halogens is 1. The molecule has 3 nitrogen and oxygen atoms in total. The third kappa shape index (κ3) is 2.49. The van der Waals surface area contributed by atoms with E-state index >= 15 is 0 Å². The Hall–Kier alpha value is -1.06. The number of carbonyl (C=O) groups excluding carboxylic acids is 1. The second-order valence-corrected chi connectivity index (χ2v) is 6.29. The van der Waals surface area contributed by atoms with Crippen LogP contribution in [0, 0.1) is 5.41 Å². The fourth-order valence-electron chi connectivity index (χ4n) is 3.26. The molecule has 0 bridgehead atoms. The van der Waals surface area contributed by atoms with Crippen molar-refractivity contribution in [3.05, 3.63) is 28.8 Å². The van der Waals surface area contributed by atoms with Gasteiger partial charge >= 0.3 is 0 Å². The van der Waals surface area contributed by atoms with Crippen molar-refractivity contribution >= 4 is 23.1 Å². The monoisotopic (exact) mass is 278 g/mol. The zero-order chi connectivity index (χ0) is 13.5. The first-order valence-electron chi connectivity index (χ1n) is 6.85. The molecule has 1 aromatic rings. The van der Waals surface area contributed by atoms with Crippen molar-refractivity contribution in [3.8, 4) is 0 Å². The zero-order valence-corrected chi connectivity index (χ0v) is 12.0. The highest BCUT2D eigenvalue weighted by atomic mass is 35.5. The van der Waals surface area contributed by atoms with Gasteiger partial charge in [-0.25, -0.2) is 0 Å². The smallest absolute Gasteiger partial charge is 0.159 e. The lowest BCUT2D eigenvalue weighted by Crippen LogP contribution is -2.29. The summed E-state index contributed by atoms with van der Waals surface area (Å²) in [6, 6.07) is 5.68. The molecule has 0 saturated carbocycles. The number of benzene rings is 1. The Morgan fingerprint density at radius 3 is 2.89 bits per heavy atom. The SMILES string of the molecule is CC(=O)c1cc(Cl)cc(N2CCC3(CCNC3)C2)c1. The largest absolute Gasteiger partial charge is 0.371 e. The first-order valence-corrected chi connectivity index (χ1v) is 7.23. The summed E-state index contributed by atoms with van der Waals surface area (Å²) in [5, 5.41) is 4.11. The molecule has 2 fully saturated rings. The van der Waals surface area contributed by atoms with E-state index < -0.39 is 0 Å². The molecule has 2 heterocycles. The standard InChI is InChI=1S/C15H19ClN2O/c1-11(19)12-6-13(16)8-14(7-12)18-5-3-15(10-18)2-4-17-9-15/h6-8,17H,2-5,9-10H2,1H3. The number of carbonyl (C=O) groups is 1. The molecule has 0 aliphatic carbocycles. The Morgan fingerprint density at radius 1 is 1.37 bits per heavy atom. The average Bonchev–Trinajstić information content (AvgIpc) is 3.00. The van der Waals surface area contributed by atoms with E-state index in [-0.39, 0.29) is 5.78 Å². The number of rotatable bonds is 2. The summed E-state index contributed by atoms with van der Waals surface area (Å²) in [4.78, 5) is 13.9. The van der Waals surface area contributed by atoms with E-state index in [9.17, 15) is 4.79 Å². The van der Waals surface area contributed by atoms with Crippen molar-refractivity contribution in [2.24, 2.45) is 5.41 Å². The molecule has 19 heavy (non-hydrogen) atoms. The molecular weight excluding hydrogens is 260 g/mol. The molecule has 102 valence electrons. The molecule has 1 aromatic carbocycles. The number of hydrogen-bond acceptors (Lipinski definition) is 3. The van der Waals surface area contributed by atoms with Gasteiger partial charge in [0, 0.05) is 41.3 Å². The van der Waals surface area contributed by atoms with Gasteiger partial charge in [-0.05, 0) is 44.5 Å². The Balaban J connectivity index is 1.85. The van der Waals surface area contributed by atoms with Gasteiger partial charge in [-0.1, -0.05) is 11.6 Å². The Morgan fingerprint density at radius 2 is 2.21 bits per heavy atom. The predicted octanol–water partition coefficient (Wildman–Crippen LogP) is 2.73. The van der Waals surface area contributed by atoms with E-state index in [1.807, 2.05) is 12.1 Å². The Bertz CT molecular complexity index is 509. The van der Waals surface area contributed by atoms with Crippen LogP contribution in [0.1, 0.15) is 30.1 Å². The molecule has 1 spiro atoms. The molecule has 1 atom stereocenters. The van der Waals surface area contributed by atoms with E-state index in [2.05, 4.69) is 10.2 Å². The van der Waals surface area contributed by atoms with Crippen LogP contribution < -0.4 is 10.2 Å². The average molecular weight is 279 g/mol. The van der Waals surface area contributed by atoms with E-state index in [1.165, 1.54) is 12.8 Å². The molecule has 3 rings (SSSR count). The minimum absolute atomic E-state index is 0.0696. The highest BCUT2D eigenvalue weighted by Crippen LogP contribution is 2.38. The summed E-state index contributed by atoms with van der Waals surface area (Å²) in [5.74, 6) is 0.0696. The van der Waals surface area contributed by atoms with Gasteiger partial charge in [0.1, 0.15) is 0 Å². The van der Waals surface area contributed by atoms with Crippen molar-refractivity contribution in [3.63, 3.8) is 0 Å². The maximum atomic E-state index is 11.5. The van der Waals surface area contributed by atoms with Crippen molar-refractivity contribution in [2.75, 3.05) is 31.1 Å². The van der Waals surface area contributed by atoms with E-state index in [4.69, 9.17) is 11.6 Å². The van der Waals surface area contributed by atoms with Crippen molar-refractivity contribution < 1.29 is 4.79 Å². The van der Waals surface area contributed by atoms with E-state index in [1.54, 1.807) is 13.0 Å². The molecule has 2 aliphatic heterocycles. The van der Waals surface area contributed by atoms with Gasteiger partial charge < -0.3 is 10.2 Å². The van der Waals surface area contributed by atoms with Gasteiger partial charge in [0.15, 0.2) is 5.78 Å². The van der Waals surface area contributed by atoms with Gasteiger partial charge in [0.05, 0.1) is 0 Å². The van der Waals surface area contributed by atoms with Crippen LogP contribution >= 0.6 is 11.6 Å². The van der Waals surface area contributed by atoms with Crippen LogP contribution in [0.25, 0.3) is 0 Å². The highest BCUT2D eigenvalue weighted by molar-refractivity contribution is 6.31. The van der Waals surface area contributed by atoms with Gasteiger partial charge in [-0.2, -0.15) is 0 Å². The second kappa shape index (κ2) is 4.80. The van der Waals surface area contributed by atoms with Crippen LogP contribution in [0.5, 0.6) is 0 Å². The molecule has 1 unspecified atom stereocenters. The topological polar surface area (TPSA) is 32.3 Å². The lowest BCUT2D eigenvalue weighted by molar-refractivity contribution is 0.101. The highest BCUT2D eigenvalue weighted by Gasteiger charge is 2.40. The number of Topliss-reactive ketones (excluding diaryl/α,β-unsaturated/α-hetero) is 1. The van der Waals surface area contributed by atoms with Gasteiger partial charge in [0.25, 0.3) is 0 Å². The maximum Gasteiger partial charge on any atom is 0.159 e. The van der Waals surface area contributed by atoms with Crippen LogP contribution in [0.15, 0.2) is 18.2 Å². The lowest BCUT2D eigenvalue weighted by atomic mass is 9.86. The third-order valence-electron chi connectivity index (χ3n) is 4.42. The van der Waals surface area contributed by atoms with E-state index in [0.29, 0.717) is 16.0 Å². The summed E-state index contributed by atoms with van der Waals surface area (Å²) >= 11 is 6.13. The molecular formula is C15H19ClN2O. The van der Waals surface area contributed by atoms with Crippen LogP contribution in [0.4, 0.5) is 5.69 Å². The predicted molar refractivity (Wildman–Crippen MR) is 78.2 cm³/mol. The molecule has 0 aromatic heterocycles. The normalized spacial score (nSPS) is 26.3. The molecule has 1 N–H and O–H groups in total. The minimum Gasteiger partial charge on any atom is -0.371 e. The summed E-state index contributed by atoms with van der Waals surface area (Å²) in [7, 11) is 0. The minimum atomic E-state index is 0.0696. The quantitative estimate of drug-likeness (QED) is 0.845. The van der Waals surface area contributed by atoms with Crippen molar-refractivity contribution in [2.45, 2.75) is 19.8 Å². The number of nitrogens with zero attached hydrogens (tertiary/aromatic N) is 1. The number of ketones is 1. The van der Waals surface area contributed by atoms with E-state index in [0.717, 1.165) is 31.9 Å². The maximum absolute atomic E-state index is 11.5. The summed E-state index contributed by atoms with van der Waals surface area (Å²) in [6.07, 6.45) is 2.48. The molecule has 2 saturated heterocycles. The van der Waals surface area contributed by atoms with Gasteiger partial charge in [-0.15, -0.1) is 0 Å². The molecule has 0 amide bonds. The fraction of sp³-hybridized carbons (Fsp3) is 0.533. The van der Waals surface area contributed by atoms with Crippen molar-refractivity contribution in [1.29, 1.82) is 0 Å². The Kier molecular flexibility index (Phi) is 3.27. The molecule has 4 heteroatoms. The molecule has 0 radical (unpaired) electrons. The summed E-state index contributed by atoms with van der Waals surface area (Å²) < 4.78 is 0. The number of anilines is 1. The van der Waals surface area contributed by atoms with Crippen molar-refractivity contribution in [1.82, 2.24) is 5.32 Å². The zero-order valence-electron chi connectivity index (χ0n) is 11.2. The van der Waals surface area contributed by atoms with Gasteiger partial charge in [0.2, 0.25) is 0 Å². The Labute approximate surface area is 118 Å². The third-order valence-corrected chi connectivity index (χ3v) is 4.64. The second-order valence-electron chi connectivity index (χ2n) is 5.85. The van der Waals surface area contributed by atoms with Crippen LogP contribution in [0.3, 0.4) is 0 Å². The fourth-order valence-corrected chi connectivity index (χ4v) is 3.49. The summed E-state index contributed by atoms with van der Waals surface area (Å²) in [5.41, 5.74) is 2.22. The first-order chi connectivity index (χ1) is 9.08. The van der Waals surface area contributed by atoms with Gasteiger partial charge in [-0.3, -0.25) is 4.79 Å². The first kappa shape index (κ1) is 12.9. The van der Waals surface area contributed by atoms with Crippen LogP contribution in [-0.4, -0.2) is 32.0 Å².